The van der Waals surface area contributed by atoms with Crippen LogP contribution in [0.2, 0.25) is 0 Å². The van der Waals surface area contributed by atoms with Gasteiger partial charge in [-0.1, -0.05) is 112 Å². The standard InChI is InChI=1S/C59H95NO3/c1-36(2)15-14-16-38(5)44-19-20-45-43-18-17-40-35-41(23-28-54(40,9)46(43)25-29-55(44,45)10)63-52(62)59-32-24-42(37(3)4)51(59)47-21-22-49-56(11)30-27-50(60-39(6)61)53(7,8)48(56)26-31-58(49,13)57(47,12)33-34-59/h17,36,38,41-51H,3,14-16,18-35H2,1-2,4-13H3,(H,60,61)/t38-,41+,42?,43+,44-,45+,46+,47-,48?,49-,50?,51?,54+,55-,56+,57-,58-,59+/m1/s1. The molecule has 4 heteroatoms. The monoisotopic (exact) mass is 866 g/mol. The molecular formula is C59H95NO3. The smallest absolute Gasteiger partial charge is 0.312 e. The van der Waals surface area contributed by atoms with E-state index in [2.05, 4.69) is 94.1 Å². The lowest BCUT2D eigenvalue weighted by Crippen LogP contribution is -2.68. The first kappa shape index (κ1) is 46.5. The second-order valence-corrected chi connectivity index (χ2v) is 27.5. The van der Waals surface area contributed by atoms with Crippen LogP contribution in [0.5, 0.6) is 0 Å². The summed E-state index contributed by atoms with van der Waals surface area (Å²) in [5, 5.41) is 3.39. The minimum absolute atomic E-state index is 0.0245. The summed E-state index contributed by atoms with van der Waals surface area (Å²) >= 11 is 0. The Morgan fingerprint density at radius 2 is 1.46 bits per heavy atom. The van der Waals surface area contributed by atoms with E-state index in [0.717, 1.165) is 80.5 Å². The van der Waals surface area contributed by atoms with E-state index in [1.54, 1.807) is 12.5 Å². The fraction of sp³-hybridized carbons (Fsp3) is 0.898. The van der Waals surface area contributed by atoms with Crippen LogP contribution in [0.1, 0.15) is 218 Å². The molecule has 0 radical (unpaired) electrons. The maximum Gasteiger partial charge on any atom is 0.312 e. The van der Waals surface area contributed by atoms with Crippen molar-refractivity contribution in [2.45, 2.75) is 230 Å². The highest BCUT2D eigenvalue weighted by molar-refractivity contribution is 5.78. The Hall–Kier alpha value is -1.58. The van der Waals surface area contributed by atoms with Crippen LogP contribution in [0.15, 0.2) is 23.8 Å². The van der Waals surface area contributed by atoms with Crippen molar-refractivity contribution in [2.24, 2.45) is 103 Å². The van der Waals surface area contributed by atoms with Crippen LogP contribution >= 0.6 is 0 Å². The molecule has 354 valence electrons. The molecular weight excluding hydrogens is 771 g/mol. The van der Waals surface area contributed by atoms with E-state index in [1.165, 1.54) is 95.5 Å². The van der Waals surface area contributed by atoms with Crippen LogP contribution in [-0.4, -0.2) is 24.0 Å². The first-order chi connectivity index (χ1) is 29.6. The van der Waals surface area contributed by atoms with Crippen LogP contribution < -0.4 is 5.32 Å². The summed E-state index contributed by atoms with van der Waals surface area (Å²) in [7, 11) is 0. The third-order valence-electron chi connectivity index (χ3n) is 24.4. The van der Waals surface area contributed by atoms with E-state index in [-0.39, 0.29) is 56.5 Å². The molecule has 0 aromatic carbocycles. The number of amides is 1. The van der Waals surface area contributed by atoms with Gasteiger partial charge in [0.25, 0.3) is 0 Å². The van der Waals surface area contributed by atoms with E-state index < -0.39 is 0 Å². The summed E-state index contributed by atoms with van der Waals surface area (Å²) in [5.74, 6) is 7.91. The largest absolute Gasteiger partial charge is 0.462 e. The lowest BCUT2D eigenvalue weighted by molar-refractivity contribution is -0.241. The maximum atomic E-state index is 15.3. The number of hydrogen-bond donors (Lipinski definition) is 1. The van der Waals surface area contributed by atoms with Crippen molar-refractivity contribution in [3.05, 3.63) is 23.8 Å². The van der Waals surface area contributed by atoms with Crippen LogP contribution in [0, 0.1) is 103 Å². The lowest BCUT2D eigenvalue weighted by Gasteiger charge is -2.73. The van der Waals surface area contributed by atoms with Gasteiger partial charge < -0.3 is 10.1 Å². The van der Waals surface area contributed by atoms with Gasteiger partial charge in [0.1, 0.15) is 6.10 Å². The molecule has 0 aromatic rings. The zero-order valence-electron chi connectivity index (χ0n) is 42.9. The van der Waals surface area contributed by atoms with Crippen LogP contribution in [-0.2, 0) is 14.3 Å². The molecule has 0 aromatic heterocycles. The van der Waals surface area contributed by atoms with Gasteiger partial charge >= 0.3 is 5.97 Å². The van der Waals surface area contributed by atoms with Crippen molar-refractivity contribution in [3.63, 3.8) is 0 Å². The Labute approximate surface area is 386 Å². The van der Waals surface area contributed by atoms with E-state index >= 15 is 4.79 Å². The highest BCUT2D eigenvalue weighted by atomic mass is 16.5. The molecule has 0 spiro atoms. The molecule has 9 aliphatic rings. The molecule has 8 fully saturated rings. The van der Waals surface area contributed by atoms with E-state index in [0.29, 0.717) is 35.0 Å². The zero-order chi connectivity index (χ0) is 45.3. The number of allylic oxidation sites excluding steroid dienone is 2. The molecule has 63 heavy (non-hydrogen) atoms. The van der Waals surface area contributed by atoms with Crippen molar-refractivity contribution >= 4 is 11.9 Å². The molecule has 9 aliphatic carbocycles. The van der Waals surface area contributed by atoms with Gasteiger partial charge in [0.05, 0.1) is 5.41 Å². The number of carbonyl (C=O) groups excluding carboxylic acids is 2. The third-order valence-corrected chi connectivity index (χ3v) is 24.4. The molecule has 0 bridgehead atoms. The summed E-state index contributed by atoms with van der Waals surface area (Å²) in [4.78, 5) is 27.6. The van der Waals surface area contributed by atoms with Gasteiger partial charge in [-0.25, -0.2) is 0 Å². The summed E-state index contributed by atoms with van der Waals surface area (Å²) in [5.41, 5.74) is 4.12. The Morgan fingerprint density at radius 1 is 0.730 bits per heavy atom. The number of ether oxygens (including phenoxy) is 1. The van der Waals surface area contributed by atoms with Crippen molar-refractivity contribution in [1.29, 1.82) is 0 Å². The first-order valence-electron chi connectivity index (χ1n) is 27.4. The zero-order valence-corrected chi connectivity index (χ0v) is 42.9. The van der Waals surface area contributed by atoms with Crippen molar-refractivity contribution in [3.8, 4) is 0 Å². The summed E-state index contributed by atoms with van der Waals surface area (Å²) in [6.45, 7) is 34.4. The predicted molar refractivity (Wildman–Crippen MR) is 259 cm³/mol. The Kier molecular flexibility index (Phi) is 11.8. The first-order valence-corrected chi connectivity index (χ1v) is 27.4. The summed E-state index contributed by atoms with van der Waals surface area (Å²) in [6.07, 6.45) is 28.6. The van der Waals surface area contributed by atoms with Gasteiger partial charge in [-0.05, 0) is 214 Å². The minimum atomic E-state index is -0.373. The minimum Gasteiger partial charge on any atom is -0.462 e. The van der Waals surface area contributed by atoms with Gasteiger partial charge in [0, 0.05) is 19.4 Å². The Morgan fingerprint density at radius 3 is 2.17 bits per heavy atom. The Balaban J connectivity index is 0.908. The van der Waals surface area contributed by atoms with E-state index in [4.69, 9.17) is 4.74 Å². The molecule has 4 unspecified atom stereocenters. The van der Waals surface area contributed by atoms with Crippen molar-refractivity contribution < 1.29 is 14.3 Å². The number of hydrogen-bond acceptors (Lipinski definition) is 3. The second-order valence-electron chi connectivity index (χ2n) is 27.5. The van der Waals surface area contributed by atoms with E-state index in [9.17, 15) is 4.79 Å². The van der Waals surface area contributed by atoms with Gasteiger partial charge in [-0.2, -0.15) is 0 Å². The second kappa shape index (κ2) is 16.0. The SMILES string of the molecule is C=C(C)C1CC[C@]2(C(=O)O[C@H]3CC[C@@]4(C)C(=CC[C@H]5[C@@H]6CC[C@H]([C@H](C)CCCC(C)C)[C@@]6(C)CC[C@@H]54)C3)CC[C@]3(C)[C@H](CC[C@@H]4[C@@]5(C)CCC(NC(C)=O)C(C)(C)C5CC[C@]43C)C12. The molecule has 1 N–H and O–H groups in total. The predicted octanol–water partition coefficient (Wildman–Crippen LogP) is 15.1. The van der Waals surface area contributed by atoms with Crippen molar-refractivity contribution in [1.82, 2.24) is 5.32 Å². The normalized spacial score (nSPS) is 50.0. The molecule has 4 nitrogen and oxygen atoms in total. The maximum absolute atomic E-state index is 15.3. The highest BCUT2D eigenvalue weighted by Gasteiger charge is 2.72. The number of carbonyl (C=O) groups is 2. The quantitative estimate of drug-likeness (QED) is 0.186. The average molecular weight is 866 g/mol. The molecule has 0 heterocycles. The molecule has 1 amide bonds. The highest BCUT2D eigenvalue weighted by Crippen LogP contribution is 2.78. The molecule has 0 aliphatic heterocycles. The average Bonchev–Trinajstić information content (AvgIpc) is 3.78. The van der Waals surface area contributed by atoms with Gasteiger partial charge in [-0.3, -0.25) is 9.59 Å². The fourth-order valence-electron chi connectivity index (χ4n) is 21.0. The van der Waals surface area contributed by atoms with Crippen LogP contribution in [0.4, 0.5) is 0 Å². The van der Waals surface area contributed by atoms with Gasteiger partial charge in [0.2, 0.25) is 5.91 Å². The van der Waals surface area contributed by atoms with Gasteiger partial charge in [-0.15, -0.1) is 0 Å². The summed E-state index contributed by atoms with van der Waals surface area (Å²) in [6, 6.07) is 0.256. The molecule has 18 atom stereocenters. The topological polar surface area (TPSA) is 55.4 Å². The van der Waals surface area contributed by atoms with Crippen molar-refractivity contribution in [2.75, 3.05) is 0 Å². The number of fused-ring (bicyclic) bond motifs is 12. The summed E-state index contributed by atoms with van der Waals surface area (Å²) < 4.78 is 7.02. The molecule has 9 rings (SSSR count). The number of rotatable bonds is 9. The number of nitrogens with one attached hydrogen (secondary N) is 1. The van der Waals surface area contributed by atoms with Crippen LogP contribution in [0.3, 0.4) is 0 Å². The lowest BCUT2D eigenvalue weighted by atomic mass is 9.32. The number of esters is 1. The van der Waals surface area contributed by atoms with Gasteiger partial charge in [0.15, 0.2) is 0 Å². The molecule has 0 saturated heterocycles. The third kappa shape index (κ3) is 6.86. The molecule has 8 saturated carbocycles. The van der Waals surface area contributed by atoms with Crippen LogP contribution in [0.25, 0.3) is 0 Å². The fourth-order valence-corrected chi connectivity index (χ4v) is 21.0. The Bertz CT molecular complexity index is 1830. The van der Waals surface area contributed by atoms with E-state index in [1.807, 2.05) is 0 Å².